The monoisotopic (exact) mass is 356 g/mol. The summed E-state index contributed by atoms with van der Waals surface area (Å²) in [6.07, 6.45) is 6.88. The van der Waals surface area contributed by atoms with Crippen LogP contribution in [0.2, 0.25) is 0 Å². The molecule has 2 heterocycles. The molecule has 0 unspecified atom stereocenters. The van der Waals surface area contributed by atoms with E-state index in [9.17, 15) is 0 Å². The van der Waals surface area contributed by atoms with Crippen LogP contribution >= 0.6 is 15.9 Å². The summed E-state index contributed by atoms with van der Waals surface area (Å²) in [7, 11) is 0. The molecule has 3 aromatic rings. The molecule has 0 amide bonds. The van der Waals surface area contributed by atoms with Crippen molar-refractivity contribution in [3.8, 4) is 5.82 Å². The van der Waals surface area contributed by atoms with Crippen molar-refractivity contribution < 1.29 is 0 Å². The third kappa shape index (κ3) is 3.56. The number of hydrazone groups is 1. The zero-order valence-corrected chi connectivity index (χ0v) is 13.4. The van der Waals surface area contributed by atoms with E-state index < -0.39 is 0 Å². The number of nitrogens with one attached hydrogen (secondary N) is 1. The Kier molecular flexibility index (Phi) is 4.24. The van der Waals surface area contributed by atoms with E-state index in [0.29, 0.717) is 11.6 Å². The summed E-state index contributed by atoms with van der Waals surface area (Å²) >= 11 is 3.40. The van der Waals surface area contributed by atoms with Crippen molar-refractivity contribution in [1.82, 2.24) is 19.7 Å². The highest BCUT2D eigenvalue weighted by Crippen LogP contribution is 2.10. The molecule has 22 heavy (non-hydrogen) atoms. The van der Waals surface area contributed by atoms with Crippen molar-refractivity contribution >= 4 is 28.0 Å². The first-order chi connectivity index (χ1) is 10.7. The number of hydrogen-bond acceptors (Lipinski definition) is 5. The van der Waals surface area contributed by atoms with Crippen LogP contribution in [0.4, 0.5) is 5.82 Å². The van der Waals surface area contributed by atoms with Gasteiger partial charge in [0.05, 0.1) is 12.4 Å². The summed E-state index contributed by atoms with van der Waals surface area (Å²) < 4.78 is 2.73. The van der Waals surface area contributed by atoms with Gasteiger partial charge in [0.2, 0.25) is 0 Å². The van der Waals surface area contributed by atoms with Crippen molar-refractivity contribution in [3.63, 3.8) is 0 Å². The molecule has 0 bridgehead atoms. The Balaban J connectivity index is 1.71. The number of nitrogens with zero attached hydrogens (tertiary/aromatic N) is 5. The van der Waals surface area contributed by atoms with Crippen LogP contribution in [-0.2, 0) is 0 Å². The number of hydrogen-bond donors (Lipinski definition) is 1. The Morgan fingerprint density at radius 3 is 2.77 bits per heavy atom. The van der Waals surface area contributed by atoms with Gasteiger partial charge in [-0.25, -0.2) is 14.6 Å². The van der Waals surface area contributed by atoms with Gasteiger partial charge in [-0.1, -0.05) is 28.1 Å². The number of aryl methyl sites for hydroxylation is 1. The summed E-state index contributed by atoms with van der Waals surface area (Å²) in [5.74, 6) is 1.29. The van der Waals surface area contributed by atoms with Crippen molar-refractivity contribution in [2.24, 2.45) is 5.10 Å². The van der Waals surface area contributed by atoms with Crippen LogP contribution in [0.3, 0.4) is 0 Å². The predicted molar refractivity (Wildman–Crippen MR) is 89.2 cm³/mol. The molecule has 1 aromatic carbocycles. The maximum atomic E-state index is 4.22. The summed E-state index contributed by atoms with van der Waals surface area (Å²) in [6, 6.07) is 9.64. The number of anilines is 1. The van der Waals surface area contributed by atoms with Crippen LogP contribution in [0.1, 0.15) is 11.1 Å². The largest absolute Gasteiger partial charge is 0.261 e. The van der Waals surface area contributed by atoms with E-state index in [1.165, 1.54) is 6.33 Å². The fraction of sp³-hybridized carbons (Fsp3) is 0.0667. The molecule has 0 saturated heterocycles. The zero-order chi connectivity index (χ0) is 15.4. The lowest BCUT2D eigenvalue weighted by atomic mass is 10.2. The predicted octanol–water partition coefficient (Wildman–Crippen LogP) is 3.18. The SMILES string of the molecule is Cc1cnn(-c2cc(N/N=C/c3ccc(Br)cc3)ncn2)c1. The Bertz CT molecular complexity index is 794. The van der Waals surface area contributed by atoms with Gasteiger partial charge in [0.15, 0.2) is 11.6 Å². The molecular formula is C15H13BrN6. The highest BCUT2D eigenvalue weighted by molar-refractivity contribution is 9.10. The summed E-state index contributed by atoms with van der Waals surface area (Å²) in [6.45, 7) is 1.98. The fourth-order valence-electron chi connectivity index (χ4n) is 1.79. The second-order valence-electron chi connectivity index (χ2n) is 4.65. The minimum absolute atomic E-state index is 0.603. The van der Waals surface area contributed by atoms with Gasteiger partial charge in [-0.05, 0) is 30.2 Å². The summed E-state index contributed by atoms with van der Waals surface area (Å²) in [4.78, 5) is 8.32. The first-order valence-corrected chi connectivity index (χ1v) is 7.38. The second-order valence-corrected chi connectivity index (χ2v) is 5.56. The first kappa shape index (κ1) is 14.4. The van der Waals surface area contributed by atoms with Gasteiger partial charge in [-0.3, -0.25) is 5.43 Å². The smallest absolute Gasteiger partial charge is 0.158 e. The molecule has 0 radical (unpaired) electrons. The van der Waals surface area contributed by atoms with Gasteiger partial charge in [-0.15, -0.1) is 0 Å². The van der Waals surface area contributed by atoms with Crippen LogP contribution in [-0.4, -0.2) is 26.0 Å². The molecule has 2 aromatic heterocycles. The minimum atomic E-state index is 0.603. The van der Waals surface area contributed by atoms with Gasteiger partial charge in [-0.2, -0.15) is 10.2 Å². The molecule has 0 aliphatic heterocycles. The fourth-order valence-corrected chi connectivity index (χ4v) is 2.06. The van der Waals surface area contributed by atoms with Crippen LogP contribution in [0.5, 0.6) is 0 Å². The average Bonchev–Trinajstić information content (AvgIpc) is 2.96. The Hall–Kier alpha value is -2.54. The van der Waals surface area contributed by atoms with E-state index in [0.717, 1.165) is 15.6 Å². The van der Waals surface area contributed by atoms with Gasteiger partial charge in [0.25, 0.3) is 0 Å². The lowest BCUT2D eigenvalue weighted by Crippen LogP contribution is -2.01. The number of aromatic nitrogens is 4. The third-order valence-electron chi connectivity index (χ3n) is 2.86. The third-order valence-corrected chi connectivity index (χ3v) is 3.39. The first-order valence-electron chi connectivity index (χ1n) is 6.59. The molecule has 3 rings (SSSR count). The van der Waals surface area contributed by atoms with Crippen molar-refractivity contribution in [2.75, 3.05) is 5.43 Å². The normalized spacial score (nSPS) is 11.0. The van der Waals surface area contributed by atoms with Crippen molar-refractivity contribution in [3.05, 3.63) is 64.7 Å². The topological polar surface area (TPSA) is 68.0 Å². The van der Waals surface area contributed by atoms with Crippen LogP contribution in [0.15, 0.2) is 58.6 Å². The Morgan fingerprint density at radius 1 is 1.23 bits per heavy atom. The number of rotatable bonds is 4. The van der Waals surface area contributed by atoms with Crippen LogP contribution in [0, 0.1) is 6.92 Å². The van der Waals surface area contributed by atoms with Gasteiger partial charge < -0.3 is 0 Å². The molecule has 1 N–H and O–H groups in total. The molecular weight excluding hydrogens is 344 g/mol. The highest BCUT2D eigenvalue weighted by Gasteiger charge is 2.01. The second kappa shape index (κ2) is 6.48. The van der Waals surface area contributed by atoms with E-state index in [2.05, 4.69) is 41.5 Å². The standard InChI is InChI=1S/C15H13BrN6/c1-11-7-20-22(9-11)15-6-14(17-10-18-15)21-19-8-12-2-4-13(16)5-3-12/h2-10H,1H3,(H,17,18,21)/b19-8+. The molecule has 0 aliphatic carbocycles. The molecule has 0 aliphatic rings. The van der Waals surface area contributed by atoms with E-state index >= 15 is 0 Å². The van der Waals surface area contributed by atoms with E-state index in [-0.39, 0.29) is 0 Å². The van der Waals surface area contributed by atoms with Crippen molar-refractivity contribution in [2.45, 2.75) is 6.92 Å². The highest BCUT2D eigenvalue weighted by atomic mass is 79.9. The average molecular weight is 357 g/mol. The van der Waals surface area contributed by atoms with Gasteiger partial charge in [0.1, 0.15) is 6.33 Å². The van der Waals surface area contributed by atoms with Crippen molar-refractivity contribution in [1.29, 1.82) is 0 Å². The van der Waals surface area contributed by atoms with E-state index in [1.54, 1.807) is 23.2 Å². The quantitative estimate of drug-likeness (QED) is 0.575. The molecule has 7 heteroatoms. The van der Waals surface area contributed by atoms with Gasteiger partial charge in [0, 0.05) is 16.7 Å². The molecule has 6 nitrogen and oxygen atoms in total. The number of halogens is 1. The Labute approximate surface area is 136 Å². The molecule has 0 fully saturated rings. The lowest BCUT2D eigenvalue weighted by Gasteiger charge is -2.02. The maximum absolute atomic E-state index is 4.22. The van der Waals surface area contributed by atoms with E-state index in [4.69, 9.17) is 0 Å². The summed E-state index contributed by atoms with van der Waals surface area (Å²) in [5, 5.41) is 8.39. The molecule has 0 saturated carbocycles. The molecule has 0 spiro atoms. The molecule has 0 atom stereocenters. The van der Waals surface area contributed by atoms with Gasteiger partial charge >= 0.3 is 0 Å². The van der Waals surface area contributed by atoms with E-state index in [1.807, 2.05) is 37.4 Å². The minimum Gasteiger partial charge on any atom is -0.261 e. The maximum Gasteiger partial charge on any atom is 0.158 e. The van der Waals surface area contributed by atoms with Crippen LogP contribution < -0.4 is 5.43 Å². The number of benzene rings is 1. The lowest BCUT2D eigenvalue weighted by molar-refractivity contribution is 0.839. The zero-order valence-electron chi connectivity index (χ0n) is 11.8. The molecule has 110 valence electrons. The van der Waals surface area contributed by atoms with Crippen LogP contribution in [0.25, 0.3) is 5.82 Å². The summed E-state index contributed by atoms with van der Waals surface area (Å²) in [5.41, 5.74) is 4.95. The Morgan fingerprint density at radius 2 is 2.05 bits per heavy atom.